The number of piperidine rings is 1. The highest BCUT2D eigenvalue weighted by Crippen LogP contribution is 2.42. The molecule has 1 amide bonds. The Balaban J connectivity index is 1.77. The molecule has 104 valence electrons. The summed E-state index contributed by atoms with van der Waals surface area (Å²) in [5.41, 5.74) is 1.22. The summed E-state index contributed by atoms with van der Waals surface area (Å²) in [7, 11) is 0. The summed E-state index contributed by atoms with van der Waals surface area (Å²) in [6.07, 6.45) is 6.84. The van der Waals surface area contributed by atoms with Gasteiger partial charge in [-0.1, -0.05) is 18.1 Å². The molecule has 2 fully saturated rings. The summed E-state index contributed by atoms with van der Waals surface area (Å²) >= 11 is 1.98. The van der Waals surface area contributed by atoms with Gasteiger partial charge < -0.3 is 10.1 Å². The van der Waals surface area contributed by atoms with E-state index in [2.05, 4.69) is 23.4 Å². The lowest BCUT2D eigenvalue weighted by molar-refractivity contribution is -0.123. The first-order valence-electron chi connectivity index (χ1n) is 6.85. The van der Waals surface area contributed by atoms with Crippen molar-refractivity contribution in [1.29, 1.82) is 0 Å². The van der Waals surface area contributed by atoms with Crippen LogP contribution in [0.3, 0.4) is 0 Å². The van der Waals surface area contributed by atoms with Gasteiger partial charge in [0.05, 0.1) is 0 Å². The van der Waals surface area contributed by atoms with Gasteiger partial charge in [0.1, 0.15) is 12.4 Å². The molecule has 2 saturated heterocycles. The molecule has 2 aliphatic rings. The zero-order chi connectivity index (χ0) is 13.9. The van der Waals surface area contributed by atoms with Crippen molar-refractivity contribution in [2.45, 2.75) is 30.1 Å². The molecule has 0 aromatic heterocycles. The van der Waals surface area contributed by atoms with Crippen LogP contribution in [0.1, 0.15) is 24.3 Å². The summed E-state index contributed by atoms with van der Waals surface area (Å²) in [6.45, 7) is 0.283. The van der Waals surface area contributed by atoms with Crippen molar-refractivity contribution < 1.29 is 9.53 Å². The predicted molar refractivity (Wildman–Crippen MR) is 80.9 cm³/mol. The summed E-state index contributed by atoms with van der Waals surface area (Å²) in [5.74, 6) is 4.85. The lowest BCUT2D eigenvalue weighted by Gasteiger charge is -2.33. The van der Waals surface area contributed by atoms with E-state index in [-0.39, 0.29) is 12.5 Å². The van der Waals surface area contributed by atoms with Crippen LogP contribution in [-0.4, -0.2) is 29.6 Å². The van der Waals surface area contributed by atoms with Crippen LogP contribution in [0.2, 0.25) is 0 Å². The zero-order valence-electron chi connectivity index (χ0n) is 11.2. The lowest BCUT2D eigenvalue weighted by Crippen LogP contribution is -2.47. The number of hydrogen-bond acceptors (Lipinski definition) is 3. The molecule has 3 rings (SSSR count). The summed E-state index contributed by atoms with van der Waals surface area (Å²) in [6, 6.07) is 8.33. The van der Waals surface area contributed by atoms with Gasteiger partial charge in [-0.3, -0.25) is 4.79 Å². The number of carbonyl (C=O) groups excluding carboxylic acids is 1. The van der Waals surface area contributed by atoms with E-state index in [4.69, 9.17) is 11.2 Å². The second-order valence-electron chi connectivity index (χ2n) is 5.17. The Kier molecular flexibility index (Phi) is 3.88. The van der Waals surface area contributed by atoms with Crippen molar-refractivity contribution in [1.82, 2.24) is 5.32 Å². The Morgan fingerprint density at radius 1 is 1.40 bits per heavy atom. The van der Waals surface area contributed by atoms with Gasteiger partial charge in [0, 0.05) is 23.6 Å². The highest BCUT2D eigenvalue weighted by Gasteiger charge is 2.40. The number of carbonyl (C=O) groups is 1. The van der Waals surface area contributed by atoms with E-state index in [1.807, 2.05) is 23.9 Å². The molecule has 2 aliphatic heterocycles. The second kappa shape index (κ2) is 5.80. The Morgan fingerprint density at radius 2 is 2.20 bits per heavy atom. The fourth-order valence-corrected chi connectivity index (χ4v) is 4.57. The molecule has 3 nitrogen and oxygen atoms in total. The van der Waals surface area contributed by atoms with Crippen LogP contribution in [0.4, 0.5) is 0 Å². The standard InChI is InChI=1S/C16H17NO2S/c1-2-8-19-12-5-3-11(4-6-12)13-10-15(18)17-14-7-9-20-16(13)14/h1,3-6,13-14,16H,7-10H2,(H,17,18). The maximum atomic E-state index is 11.8. The number of nitrogens with one attached hydrogen (secondary N) is 1. The molecule has 1 aromatic rings. The van der Waals surface area contributed by atoms with Crippen LogP contribution in [0.5, 0.6) is 5.75 Å². The lowest BCUT2D eigenvalue weighted by atomic mass is 9.85. The quantitative estimate of drug-likeness (QED) is 0.866. The maximum absolute atomic E-state index is 11.8. The Bertz CT molecular complexity index is 534. The zero-order valence-corrected chi connectivity index (χ0v) is 12.0. The number of amides is 1. The third-order valence-corrected chi connectivity index (χ3v) is 5.43. The van der Waals surface area contributed by atoms with Gasteiger partial charge in [-0.25, -0.2) is 0 Å². The van der Waals surface area contributed by atoms with Gasteiger partial charge in [-0.05, 0) is 29.9 Å². The van der Waals surface area contributed by atoms with E-state index in [1.54, 1.807) is 0 Å². The third-order valence-electron chi connectivity index (χ3n) is 3.91. The van der Waals surface area contributed by atoms with Gasteiger partial charge in [0.15, 0.2) is 0 Å². The first kappa shape index (κ1) is 13.4. The van der Waals surface area contributed by atoms with E-state index < -0.39 is 0 Å². The molecule has 20 heavy (non-hydrogen) atoms. The van der Waals surface area contributed by atoms with Crippen LogP contribution in [0.15, 0.2) is 24.3 Å². The molecule has 0 spiro atoms. The van der Waals surface area contributed by atoms with E-state index in [1.165, 1.54) is 5.56 Å². The number of rotatable bonds is 3. The molecule has 0 radical (unpaired) electrons. The topological polar surface area (TPSA) is 38.3 Å². The molecular weight excluding hydrogens is 270 g/mol. The molecule has 2 heterocycles. The Morgan fingerprint density at radius 3 is 2.95 bits per heavy atom. The first-order valence-corrected chi connectivity index (χ1v) is 7.90. The van der Waals surface area contributed by atoms with Crippen LogP contribution in [0.25, 0.3) is 0 Å². The normalized spacial score (nSPS) is 28.4. The van der Waals surface area contributed by atoms with Gasteiger partial charge in [0.25, 0.3) is 0 Å². The van der Waals surface area contributed by atoms with Crippen molar-refractivity contribution in [2.24, 2.45) is 0 Å². The van der Waals surface area contributed by atoms with Crippen molar-refractivity contribution in [2.75, 3.05) is 12.4 Å². The first-order chi connectivity index (χ1) is 9.78. The monoisotopic (exact) mass is 287 g/mol. The van der Waals surface area contributed by atoms with Crippen LogP contribution >= 0.6 is 11.8 Å². The minimum absolute atomic E-state index is 0.173. The number of benzene rings is 1. The van der Waals surface area contributed by atoms with E-state index in [0.29, 0.717) is 23.6 Å². The van der Waals surface area contributed by atoms with Gasteiger partial charge in [-0.15, -0.1) is 6.42 Å². The average molecular weight is 287 g/mol. The molecule has 3 unspecified atom stereocenters. The molecule has 1 aromatic carbocycles. The van der Waals surface area contributed by atoms with E-state index in [0.717, 1.165) is 17.9 Å². The van der Waals surface area contributed by atoms with Crippen LogP contribution in [0, 0.1) is 12.3 Å². The number of hydrogen-bond donors (Lipinski definition) is 1. The van der Waals surface area contributed by atoms with E-state index in [9.17, 15) is 4.79 Å². The minimum Gasteiger partial charge on any atom is -0.481 e. The molecule has 3 atom stereocenters. The highest BCUT2D eigenvalue weighted by atomic mass is 32.2. The van der Waals surface area contributed by atoms with Crippen molar-refractivity contribution in [3.05, 3.63) is 29.8 Å². The predicted octanol–water partition coefficient (Wildman–Crippen LogP) is 2.18. The molecule has 4 heteroatoms. The molecule has 0 bridgehead atoms. The van der Waals surface area contributed by atoms with Gasteiger partial charge in [0.2, 0.25) is 5.91 Å². The second-order valence-corrected chi connectivity index (χ2v) is 6.46. The van der Waals surface area contributed by atoms with Gasteiger partial charge >= 0.3 is 0 Å². The van der Waals surface area contributed by atoms with Crippen LogP contribution < -0.4 is 10.1 Å². The minimum atomic E-state index is 0.173. The highest BCUT2D eigenvalue weighted by molar-refractivity contribution is 8.00. The summed E-state index contributed by atoms with van der Waals surface area (Å²) < 4.78 is 5.38. The van der Waals surface area contributed by atoms with Crippen molar-refractivity contribution >= 4 is 17.7 Å². The summed E-state index contributed by atoms with van der Waals surface area (Å²) in [4.78, 5) is 11.8. The molecule has 1 N–H and O–H groups in total. The van der Waals surface area contributed by atoms with Crippen LogP contribution in [-0.2, 0) is 4.79 Å². The third kappa shape index (κ3) is 2.64. The van der Waals surface area contributed by atoms with Gasteiger partial charge in [-0.2, -0.15) is 11.8 Å². The Labute approximate surface area is 123 Å². The van der Waals surface area contributed by atoms with E-state index >= 15 is 0 Å². The molecule has 0 saturated carbocycles. The fourth-order valence-electron chi connectivity index (χ4n) is 2.99. The fraction of sp³-hybridized carbons (Fsp3) is 0.438. The van der Waals surface area contributed by atoms with Crippen molar-refractivity contribution in [3.8, 4) is 18.1 Å². The SMILES string of the molecule is C#CCOc1ccc(C2CC(=O)NC3CCSC32)cc1. The molecular formula is C16H17NO2S. The number of ether oxygens (including phenoxy) is 1. The van der Waals surface area contributed by atoms with Crippen molar-refractivity contribution in [3.63, 3.8) is 0 Å². The molecule has 0 aliphatic carbocycles. The number of thioether (sulfide) groups is 1. The number of fused-ring (bicyclic) bond motifs is 1. The summed E-state index contributed by atoms with van der Waals surface area (Å²) in [5, 5.41) is 3.62. The number of terminal acetylenes is 1. The Hall–Kier alpha value is -1.60. The smallest absolute Gasteiger partial charge is 0.220 e. The largest absolute Gasteiger partial charge is 0.481 e. The maximum Gasteiger partial charge on any atom is 0.220 e. The average Bonchev–Trinajstić information content (AvgIpc) is 2.93.